The molecule has 0 heterocycles. The van der Waals surface area contributed by atoms with E-state index < -0.39 is 22.4 Å². The van der Waals surface area contributed by atoms with E-state index in [0.717, 1.165) is 18.7 Å². The molecule has 0 spiro atoms. The number of alkyl halides is 3. The summed E-state index contributed by atoms with van der Waals surface area (Å²) in [6, 6.07) is 2.59. The predicted molar refractivity (Wildman–Crippen MR) is 62.1 cm³/mol. The Hall–Kier alpha value is -1.83. The molecule has 0 aliphatic carbocycles. The highest BCUT2D eigenvalue weighted by atomic mass is 19.4. The lowest BCUT2D eigenvalue weighted by Gasteiger charge is -2.11. The van der Waals surface area contributed by atoms with Crippen molar-refractivity contribution in [3.05, 3.63) is 33.9 Å². The van der Waals surface area contributed by atoms with E-state index in [1.165, 1.54) is 0 Å². The molecule has 8 heteroatoms. The third-order valence-corrected chi connectivity index (χ3v) is 2.27. The van der Waals surface area contributed by atoms with Crippen molar-refractivity contribution in [1.29, 1.82) is 0 Å². The van der Waals surface area contributed by atoms with Crippen LogP contribution in [-0.2, 0) is 6.18 Å². The summed E-state index contributed by atoms with van der Waals surface area (Å²) in [6.07, 6.45) is -4.79. The van der Waals surface area contributed by atoms with Gasteiger partial charge in [0, 0.05) is 12.6 Å². The van der Waals surface area contributed by atoms with E-state index in [2.05, 4.69) is 5.32 Å². The zero-order chi connectivity index (χ0) is 14.5. The Bertz CT molecular complexity index is 449. The molecule has 1 aromatic rings. The molecule has 1 rings (SSSR count). The van der Waals surface area contributed by atoms with Gasteiger partial charge in [-0.25, -0.2) is 0 Å². The quantitative estimate of drug-likeness (QED) is 0.493. The van der Waals surface area contributed by atoms with Crippen molar-refractivity contribution in [3.8, 4) is 5.75 Å². The monoisotopic (exact) mass is 278 g/mol. The molecule has 0 amide bonds. The third kappa shape index (κ3) is 4.40. The first-order valence-electron chi connectivity index (χ1n) is 5.55. The van der Waals surface area contributed by atoms with Gasteiger partial charge in [-0.05, 0) is 18.7 Å². The van der Waals surface area contributed by atoms with Gasteiger partial charge in [-0.2, -0.15) is 13.2 Å². The lowest BCUT2D eigenvalue weighted by molar-refractivity contribution is -0.388. The van der Waals surface area contributed by atoms with Gasteiger partial charge in [0.25, 0.3) is 5.69 Å². The van der Waals surface area contributed by atoms with Gasteiger partial charge < -0.3 is 10.1 Å². The zero-order valence-corrected chi connectivity index (χ0v) is 10.2. The van der Waals surface area contributed by atoms with Crippen molar-refractivity contribution in [2.45, 2.75) is 13.1 Å². The Kier molecular flexibility index (Phi) is 5.11. The largest absolute Gasteiger partial charge is 0.492 e. The van der Waals surface area contributed by atoms with Crippen molar-refractivity contribution in [2.75, 3.05) is 19.7 Å². The lowest BCUT2D eigenvalue weighted by Crippen LogP contribution is -2.20. The Morgan fingerprint density at radius 2 is 2.11 bits per heavy atom. The van der Waals surface area contributed by atoms with Crippen LogP contribution in [-0.4, -0.2) is 24.6 Å². The van der Waals surface area contributed by atoms with Gasteiger partial charge in [-0.1, -0.05) is 6.92 Å². The van der Waals surface area contributed by atoms with Gasteiger partial charge in [0.15, 0.2) is 0 Å². The van der Waals surface area contributed by atoms with E-state index in [9.17, 15) is 23.3 Å². The zero-order valence-electron chi connectivity index (χ0n) is 10.2. The fourth-order valence-corrected chi connectivity index (χ4v) is 1.41. The van der Waals surface area contributed by atoms with Crippen LogP contribution in [0.3, 0.4) is 0 Å². The smallest absolute Gasteiger partial charge is 0.423 e. The fraction of sp³-hybridized carbons (Fsp3) is 0.455. The summed E-state index contributed by atoms with van der Waals surface area (Å²) in [5.41, 5.74) is -2.29. The van der Waals surface area contributed by atoms with E-state index >= 15 is 0 Å². The summed E-state index contributed by atoms with van der Waals surface area (Å²) in [6.45, 7) is 3.27. The molecular weight excluding hydrogens is 265 g/mol. The number of nitrogens with zero attached hydrogens (tertiary/aromatic N) is 1. The first-order valence-corrected chi connectivity index (χ1v) is 5.55. The van der Waals surface area contributed by atoms with Crippen LogP contribution in [0.1, 0.15) is 12.5 Å². The highest BCUT2D eigenvalue weighted by Crippen LogP contribution is 2.38. The van der Waals surface area contributed by atoms with Crippen LogP contribution < -0.4 is 10.1 Å². The maximum atomic E-state index is 12.7. The predicted octanol–water partition coefficient (Wildman–Crippen LogP) is 2.60. The summed E-state index contributed by atoms with van der Waals surface area (Å²) in [7, 11) is 0. The second kappa shape index (κ2) is 6.37. The number of nitrogens with one attached hydrogen (secondary N) is 1. The molecule has 0 aliphatic heterocycles. The number of ether oxygens (including phenoxy) is 1. The minimum Gasteiger partial charge on any atom is -0.492 e. The van der Waals surface area contributed by atoms with Crippen molar-refractivity contribution in [3.63, 3.8) is 0 Å². The molecule has 1 aromatic carbocycles. The summed E-state index contributed by atoms with van der Waals surface area (Å²) in [5, 5.41) is 13.5. The van der Waals surface area contributed by atoms with E-state index in [1.807, 2.05) is 6.92 Å². The molecular formula is C11H13F3N2O3. The fourth-order valence-electron chi connectivity index (χ4n) is 1.41. The van der Waals surface area contributed by atoms with Crippen LogP contribution in [0.25, 0.3) is 0 Å². The molecule has 0 unspecified atom stereocenters. The number of likely N-dealkylation sites (N-methyl/N-ethyl adjacent to an activating group) is 1. The number of hydrogen-bond acceptors (Lipinski definition) is 4. The average Bonchev–Trinajstić information content (AvgIpc) is 2.33. The SMILES string of the molecule is CCNCCOc1ccc([N+](=O)[O-])c(C(F)(F)F)c1. The molecule has 0 bridgehead atoms. The van der Waals surface area contributed by atoms with Crippen molar-refractivity contribution in [2.24, 2.45) is 0 Å². The summed E-state index contributed by atoms with van der Waals surface area (Å²) in [5.74, 6) is -0.0455. The second-order valence-electron chi connectivity index (χ2n) is 3.64. The van der Waals surface area contributed by atoms with E-state index in [0.29, 0.717) is 12.6 Å². The molecule has 0 aromatic heterocycles. The third-order valence-electron chi connectivity index (χ3n) is 2.27. The number of benzene rings is 1. The highest BCUT2D eigenvalue weighted by Gasteiger charge is 2.38. The Labute approximate surface area is 107 Å². The van der Waals surface area contributed by atoms with Gasteiger partial charge in [0.2, 0.25) is 0 Å². The molecule has 19 heavy (non-hydrogen) atoms. The second-order valence-corrected chi connectivity index (χ2v) is 3.64. The van der Waals surface area contributed by atoms with Crippen molar-refractivity contribution in [1.82, 2.24) is 5.32 Å². The molecule has 1 N–H and O–H groups in total. The Balaban J connectivity index is 2.90. The van der Waals surface area contributed by atoms with E-state index in [4.69, 9.17) is 4.74 Å². The minimum absolute atomic E-state index is 0.0455. The van der Waals surface area contributed by atoms with E-state index in [1.54, 1.807) is 0 Å². The maximum Gasteiger partial charge on any atom is 0.423 e. The average molecular weight is 278 g/mol. The maximum absolute atomic E-state index is 12.7. The number of nitro groups is 1. The Morgan fingerprint density at radius 1 is 1.42 bits per heavy atom. The van der Waals surface area contributed by atoms with Gasteiger partial charge in [0.1, 0.15) is 17.9 Å². The molecule has 0 saturated heterocycles. The number of halogens is 3. The molecule has 0 radical (unpaired) electrons. The lowest BCUT2D eigenvalue weighted by atomic mass is 10.1. The van der Waals surface area contributed by atoms with Crippen LogP contribution in [0.2, 0.25) is 0 Å². The molecule has 106 valence electrons. The summed E-state index contributed by atoms with van der Waals surface area (Å²) >= 11 is 0. The standard InChI is InChI=1S/C11H13F3N2O3/c1-2-15-5-6-19-8-3-4-10(16(17)18)9(7-8)11(12,13)14/h3-4,7,15H,2,5-6H2,1H3. The topological polar surface area (TPSA) is 64.4 Å². The molecule has 0 aliphatic rings. The molecule has 0 atom stereocenters. The number of hydrogen-bond donors (Lipinski definition) is 1. The first-order chi connectivity index (χ1) is 8.86. The van der Waals surface area contributed by atoms with Crippen LogP contribution in [0.15, 0.2) is 18.2 Å². The minimum atomic E-state index is -4.79. The van der Waals surface area contributed by atoms with Gasteiger partial charge in [-0.15, -0.1) is 0 Å². The molecule has 0 fully saturated rings. The van der Waals surface area contributed by atoms with Crippen molar-refractivity contribution < 1.29 is 22.8 Å². The van der Waals surface area contributed by atoms with Crippen LogP contribution in [0, 0.1) is 10.1 Å². The van der Waals surface area contributed by atoms with Crippen LogP contribution in [0.5, 0.6) is 5.75 Å². The highest BCUT2D eigenvalue weighted by molar-refractivity contribution is 5.46. The molecule has 0 saturated carbocycles. The van der Waals surface area contributed by atoms with Crippen LogP contribution >= 0.6 is 0 Å². The van der Waals surface area contributed by atoms with Crippen LogP contribution in [0.4, 0.5) is 18.9 Å². The molecule has 5 nitrogen and oxygen atoms in total. The summed E-state index contributed by atoms with van der Waals surface area (Å²) < 4.78 is 43.1. The van der Waals surface area contributed by atoms with Gasteiger partial charge >= 0.3 is 6.18 Å². The van der Waals surface area contributed by atoms with E-state index in [-0.39, 0.29) is 12.4 Å². The van der Waals surface area contributed by atoms with Gasteiger partial charge in [-0.3, -0.25) is 10.1 Å². The van der Waals surface area contributed by atoms with Crippen molar-refractivity contribution >= 4 is 5.69 Å². The first kappa shape index (κ1) is 15.2. The number of rotatable bonds is 6. The normalized spacial score (nSPS) is 11.4. The van der Waals surface area contributed by atoms with Gasteiger partial charge in [0.05, 0.1) is 4.92 Å². The Morgan fingerprint density at radius 3 is 2.63 bits per heavy atom. The number of nitro benzene ring substituents is 1. The summed E-state index contributed by atoms with van der Waals surface area (Å²) in [4.78, 5) is 9.47.